The van der Waals surface area contributed by atoms with Crippen LogP contribution in [-0.2, 0) is 6.42 Å². The van der Waals surface area contributed by atoms with Crippen molar-refractivity contribution >= 4 is 17.3 Å². The highest BCUT2D eigenvalue weighted by Crippen LogP contribution is 2.20. The Balaban J connectivity index is 1.35. The summed E-state index contributed by atoms with van der Waals surface area (Å²) in [7, 11) is 1.70. The molecule has 0 atom stereocenters. The molecule has 0 unspecified atom stereocenters. The van der Waals surface area contributed by atoms with Crippen LogP contribution in [0.5, 0.6) is 5.75 Å². The Hall–Kier alpha value is -3.29. The van der Waals surface area contributed by atoms with Crippen molar-refractivity contribution in [1.29, 1.82) is 0 Å². The first-order chi connectivity index (χ1) is 14.8. The highest BCUT2D eigenvalue weighted by molar-refractivity contribution is 5.80. The number of methoxy groups -OCH3 is 1. The van der Waals surface area contributed by atoms with Crippen molar-refractivity contribution in [2.75, 3.05) is 51.3 Å². The Morgan fingerprint density at radius 3 is 2.60 bits per heavy atom. The summed E-state index contributed by atoms with van der Waals surface area (Å²) in [6.45, 7) is 7.44. The third-order valence-corrected chi connectivity index (χ3v) is 5.33. The number of nitrogens with zero attached hydrogens (tertiary/aromatic N) is 6. The molecule has 0 bridgehead atoms. The van der Waals surface area contributed by atoms with Gasteiger partial charge in [0.25, 0.3) is 0 Å². The van der Waals surface area contributed by atoms with E-state index in [-0.39, 0.29) is 0 Å². The van der Waals surface area contributed by atoms with Gasteiger partial charge >= 0.3 is 0 Å². The van der Waals surface area contributed by atoms with Gasteiger partial charge in [-0.05, 0) is 43.3 Å². The largest absolute Gasteiger partial charge is 0.497 e. The summed E-state index contributed by atoms with van der Waals surface area (Å²) in [6.07, 6.45) is 2.75. The van der Waals surface area contributed by atoms with Crippen LogP contribution >= 0.6 is 0 Å². The molecular formula is C22H29N7O. The first-order valence-electron chi connectivity index (χ1n) is 10.5. The van der Waals surface area contributed by atoms with Gasteiger partial charge in [0.2, 0.25) is 0 Å². The molecule has 1 aliphatic rings. The zero-order chi connectivity index (χ0) is 20.8. The molecule has 4 rings (SSSR count). The second-order valence-corrected chi connectivity index (χ2v) is 7.20. The number of fused-ring (bicyclic) bond motifs is 1. The van der Waals surface area contributed by atoms with Gasteiger partial charge in [-0.25, -0.2) is 0 Å². The second kappa shape index (κ2) is 9.47. The molecule has 0 aliphatic carbocycles. The average molecular weight is 408 g/mol. The molecule has 158 valence electrons. The van der Waals surface area contributed by atoms with Gasteiger partial charge in [-0.3, -0.25) is 9.39 Å². The van der Waals surface area contributed by atoms with E-state index >= 15 is 0 Å². The number of hydrogen-bond acceptors (Lipinski definition) is 5. The van der Waals surface area contributed by atoms with E-state index in [1.165, 1.54) is 5.69 Å². The molecule has 1 saturated heterocycles. The van der Waals surface area contributed by atoms with Crippen molar-refractivity contribution in [1.82, 2.24) is 24.8 Å². The molecule has 3 heterocycles. The third kappa shape index (κ3) is 4.48. The number of ether oxygens (including phenoxy) is 1. The van der Waals surface area contributed by atoms with Crippen LogP contribution in [-0.4, -0.2) is 71.8 Å². The minimum Gasteiger partial charge on any atom is -0.497 e. The Bertz CT molecular complexity index is 975. The molecule has 1 N–H and O–H groups in total. The quantitative estimate of drug-likeness (QED) is 0.498. The number of aliphatic imine (C=N–C) groups is 1. The monoisotopic (exact) mass is 407 g/mol. The van der Waals surface area contributed by atoms with Crippen LogP contribution < -0.4 is 15.0 Å². The van der Waals surface area contributed by atoms with Crippen molar-refractivity contribution in [2.45, 2.75) is 13.3 Å². The third-order valence-electron chi connectivity index (χ3n) is 5.33. The lowest BCUT2D eigenvalue weighted by Gasteiger charge is -2.37. The number of benzene rings is 1. The predicted octanol–water partition coefficient (Wildman–Crippen LogP) is 2.07. The summed E-state index contributed by atoms with van der Waals surface area (Å²) in [6, 6.07) is 14.2. The number of rotatable bonds is 6. The smallest absolute Gasteiger partial charge is 0.194 e. The molecular weight excluding hydrogens is 378 g/mol. The Morgan fingerprint density at radius 1 is 1.07 bits per heavy atom. The predicted molar refractivity (Wildman–Crippen MR) is 119 cm³/mol. The van der Waals surface area contributed by atoms with Gasteiger partial charge in [0, 0.05) is 57.6 Å². The number of hydrogen-bond donors (Lipinski definition) is 1. The first kappa shape index (κ1) is 20.0. The number of piperazine rings is 1. The lowest BCUT2D eigenvalue weighted by atomic mass is 10.2. The van der Waals surface area contributed by atoms with E-state index < -0.39 is 0 Å². The molecule has 3 aromatic rings. The van der Waals surface area contributed by atoms with Crippen molar-refractivity contribution in [3.63, 3.8) is 0 Å². The van der Waals surface area contributed by atoms with Crippen LogP contribution in [0, 0.1) is 0 Å². The van der Waals surface area contributed by atoms with E-state index in [9.17, 15) is 0 Å². The van der Waals surface area contributed by atoms with Gasteiger partial charge in [0.1, 0.15) is 11.6 Å². The number of nitrogens with one attached hydrogen (secondary N) is 1. The van der Waals surface area contributed by atoms with Crippen molar-refractivity contribution < 1.29 is 4.74 Å². The van der Waals surface area contributed by atoms with Crippen LogP contribution in [0.15, 0.2) is 53.7 Å². The number of anilines is 1. The lowest BCUT2D eigenvalue weighted by molar-refractivity contribution is 0.372. The Kier molecular flexibility index (Phi) is 6.32. The zero-order valence-electron chi connectivity index (χ0n) is 17.7. The van der Waals surface area contributed by atoms with Crippen molar-refractivity contribution in [3.8, 4) is 5.75 Å². The Morgan fingerprint density at radius 2 is 1.87 bits per heavy atom. The lowest BCUT2D eigenvalue weighted by Crippen LogP contribution is -2.52. The van der Waals surface area contributed by atoms with E-state index in [0.717, 1.165) is 62.3 Å². The molecule has 1 aromatic carbocycles. The molecule has 8 nitrogen and oxygen atoms in total. The molecule has 0 spiro atoms. The van der Waals surface area contributed by atoms with E-state index in [1.807, 2.05) is 40.9 Å². The molecule has 0 radical (unpaired) electrons. The maximum absolute atomic E-state index is 5.26. The highest BCUT2D eigenvalue weighted by Gasteiger charge is 2.20. The van der Waals surface area contributed by atoms with Crippen LogP contribution in [0.2, 0.25) is 0 Å². The fourth-order valence-corrected chi connectivity index (χ4v) is 3.72. The van der Waals surface area contributed by atoms with E-state index in [2.05, 4.69) is 44.4 Å². The fourth-order valence-electron chi connectivity index (χ4n) is 3.72. The fraction of sp³-hybridized carbons (Fsp3) is 0.409. The van der Waals surface area contributed by atoms with Crippen LogP contribution in [0.4, 0.5) is 5.69 Å². The van der Waals surface area contributed by atoms with Gasteiger partial charge in [0.05, 0.1) is 7.11 Å². The summed E-state index contributed by atoms with van der Waals surface area (Å²) in [5, 5.41) is 12.0. The van der Waals surface area contributed by atoms with Gasteiger partial charge in [-0.1, -0.05) is 6.07 Å². The first-order valence-corrected chi connectivity index (χ1v) is 10.5. The Labute approximate surface area is 177 Å². The number of pyridine rings is 1. The zero-order valence-corrected chi connectivity index (χ0v) is 17.7. The SMILES string of the molecule is CCNC(=NCCc1nnc2ccccn12)N1CCN(c2ccc(OC)cc2)CC1. The number of aromatic nitrogens is 3. The van der Waals surface area contributed by atoms with Gasteiger partial charge in [0.15, 0.2) is 11.6 Å². The molecule has 0 amide bonds. The molecule has 1 aliphatic heterocycles. The van der Waals surface area contributed by atoms with Gasteiger partial charge in [-0.15, -0.1) is 10.2 Å². The summed E-state index contributed by atoms with van der Waals surface area (Å²) in [5.41, 5.74) is 2.11. The summed E-state index contributed by atoms with van der Waals surface area (Å²) < 4.78 is 7.28. The summed E-state index contributed by atoms with van der Waals surface area (Å²) in [4.78, 5) is 9.60. The van der Waals surface area contributed by atoms with Crippen molar-refractivity contribution in [2.24, 2.45) is 4.99 Å². The minimum absolute atomic E-state index is 0.677. The van der Waals surface area contributed by atoms with Crippen LogP contribution in [0.3, 0.4) is 0 Å². The maximum atomic E-state index is 5.26. The summed E-state index contributed by atoms with van der Waals surface area (Å²) >= 11 is 0. The molecule has 0 saturated carbocycles. The normalized spacial score (nSPS) is 14.9. The standard InChI is InChI=1S/C22H29N7O/c1-3-23-22(24-12-11-21-26-25-20-6-4-5-13-29(20)21)28-16-14-27(15-17-28)18-7-9-19(30-2)10-8-18/h4-10,13H,3,11-12,14-17H2,1-2H3,(H,23,24). The molecule has 8 heteroatoms. The highest BCUT2D eigenvalue weighted by atomic mass is 16.5. The van der Waals surface area contributed by atoms with Gasteiger partial charge < -0.3 is 19.9 Å². The van der Waals surface area contributed by atoms with Crippen molar-refractivity contribution in [3.05, 3.63) is 54.5 Å². The van der Waals surface area contributed by atoms with Gasteiger partial charge in [-0.2, -0.15) is 0 Å². The second-order valence-electron chi connectivity index (χ2n) is 7.20. The van der Waals surface area contributed by atoms with E-state index in [0.29, 0.717) is 6.54 Å². The summed E-state index contributed by atoms with van der Waals surface area (Å²) in [5.74, 6) is 2.80. The average Bonchev–Trinajstić information content (AvgIpc) is 3.22. The van der Waals surface area contributed by atoms with Crippen LogP contribution in [0.25, 0.3) is 5.65 Å². The van der Waals surface area contributed by atoms with Crippen LogP contribution in [0.1, 0.15) is 12.7 Å². The molecule has 2 aromatic heterocycles. The van der Waals surface area contributed by atoms with E-state index in [1.54, 1.807) is 7.11 Å². The minimum atomic E-state index is 0.677. The van der Waals surface area contributed by atoms with E-state index in [4.69, 9.17) is 9.73 Å². The molecule has 1 fully saturated rings. The molecule has 30 heavy (non-hydrogen) atoms. The topological polar surface area (TPSA) is 70.3 Å². The maximum Gasteiger partial charge on any atom is 0.194 e. The number of guanidine groups is 1.